The van der Waals surface area contributed by atoms with Gasteiger partial charge in [0.25, 0.3) is 28.1 Å². The van der Waals surface area contributed by atoms with E-state index >= 15 is 0 Å². The van der Waals surface area contributed by atoms with Crippen molar-refractivity contribution in [1.82, 2.24) is 44.0 Å². The van der Waals surface area contributed by atoms with Crippen molar-refractivity contribution >= 4 is 179 Å². The summed E-state index contributed by atoms with van der Waals surface area (Å²) in [5.41, 5.74) is -0.841. The van der Waals surface area contributed by atoms with Crippen LogP contribution in [0.5, 0.6) is 23.0 Å². The van der Waals surface area contributed by atoms with E-state index in [4.69, 9.17) is 31.1 Å². The van der Waals surface area contributed by atoms with Crippen LogP contribution in [0.15, 0.2) is 151 Å². The fraction of sp³-hybridized carbons (Fsp3) is 0.371. The Morgan fingerprint density at radius 3 is 1.17 bits per heavy atom. The normalized spacial score (nSPS) is 17.4. The number of amides is 1. The highest BCUT2D eigenvalue weighted by atomic mass is 32.2. The van der Waals surface area contributed by atoms with Crippen LogP contribution in [0.25, 0.3) is 27.4 Å². The number of aromatic hydroxyl groups is 4. The number of carbonyl (C=O) groups excluding carboxylic acids is 1. The van der Waals surface area contributed by atoms with Crippen LogP contribution in [-0.4, -0.2) is 178 Å². The first kappa shape index (κ1) is 110. The summed E-state index contributed by atoms with van der Waals surface area (Å²) in [5, 5.41) is 80.7. The van der Waals surface area contributed by atoms with E-state index in [2.05, 4.69) is 99.5 Å². The molecule has 4 aliphatic rings. The van der Waals surface area contributed by atoms with Gasteiger partial charge in [0.2, 0.25) is 30.1 Å². The van der Waals surface area contributed by atoms with Crippen molar-refractivity contribution in [2.75, 3.05) is 94.7 Å². The molecule has 0 saturated heterocycles. The molecule has 4 aliphatic heterocycles. The van der Waals surface area contributed by atoms with Gasteiger partial charge in [-0.1, -0.05) is 74.1 Å². The Morgan fingerprint density at radius 2 is 0.838 bits per heavy atom. The van der Waals surface area contributed by atoms with Gasteiger partial charge in [-0.15, -0.1) is 12.3 Å². The molecule has 0 bridgehead atoms. The van der Waals surface area contributed by atoms with Crippen LogP contribution in [0.3, 0.4) is 0 Å². The van der Waals surface area contributed by atoms with Crippen molar-refractivity contribution in [2.24, 2.45) is 35.8 Å². The Bertz CT molecular complexity index is 7630. The van der Waals surface area contributed by atoms with Crippen LogP contribution < -0.4 is 78.9 Å². The number of benzene rings is 4. The minimum atomic E-state index is -4.06. The van der Waals surface area contributed by atoms with Gasteiger partial charge in [0.15, 0.2) is 52.0 Å². The number of fused-ring (bicyclic) bond motifs is 4. The molecule has 10 aromatic rings. The van der Waals surface area contributed by atoms with Gasteiger partial charge in [0.05, 0.1) is 95.7 Å². The molecule has 6 aromatic heterocycles. The molecule has 10 heterocycles. The number of aryl methyl sites for hydroxylation is 4. The molecule has 4 unspecified atom stereocenters. The Labute approximate surface area is 827 Å². The van der Waals surface area contributed by atoms with E-state index in [1.165, 1.54) is 106 Å². The second kappa shape index (κ2) is 44.5. The number of anilines is 7. The van der Waals surface area contributed by atoms with Gasteiger partial charge in [-0.25, -0.2) is 39.3 Å². The topological polar surface area (TPSA) is 586 Å². The Balaban J connectivity index is 0.000000181. The second-order valence-electron chi connectivity index (χ2n) is 35.2. The van der Waals surface area contributed by atoms with E-state index in [1.54, 1.807) is 63.4 Å². The summed E-state index contributed by atoms with van der Waals surface area (Å²) in [6, 6.07) is 23.3. The molecule has 4 atom stereocenters. The highest BCUT2D eigenvalue weighted by Gasteiger charge is 2.43. The van der Waals surface area contributed by atoms with Crippen LogP contribution in [0.4, 0.5) is 45.6 Å². The quantitative estimate of drug-likeness (QED) is 0.00832. The number of thiophene rings is 2. The lowest BCUT2D eigenvalue weighted by Crippen LogP contribution is -2.37. The van der Waals surface area contributed by atoms with E-state index < -0.39 is 111 Å². The molecule has 0 spiro atoms. The summed E-state index contributed by atoms with van der Waals surface area (Å²) in [6.07, 6.45) is 11.0. The Morgan fingerprint density at radius 1 is 0.500 bits per heavy atom. The van der Waals surface area contributed by atoms with Gasteiger partial charge < -0.3 is 69.5 Å². The average Bonchev–Trinajstić information content (AvgIpc) is 0.856. The summed E-state index contributed by atoms with van der Waals surface area (Å²) in [5.74, 6) is -0.936. The van der Waals surface area contributed by atoms with Crippen molar-refractivity contribution in [3.63, 3.8) is 0 Å². The molecule has 758 valence electrons. The van der Waals surface area contributed by atoms with Crippen LogP contribution in [0, 0.1) is 35.7 Å². The molecule has 0 aliphatic carbocycles. The van der Waals surface area contributed by atoms with E-state index in [0.29, 0.717) is 60.3 Å². The standard InChI is InChI=1S/C23H33N6O7PS.C23H24N5O6PS2.C22H25N4O4PS.C21H27N6O6PS/c1-8-36-37(33)16-13-14(27-38(7,34)35)9-10-15(16)24-20(26-37)17-19(30)18(22(32)28(5)6)25-29(21(17)31)12-11-23(2,3)4;1-4-6-7-11-28-23(30)19(21(29)20(25-28)15-10-12-36-14-15)22-24-17-9-8-16(27-37(3,32)33)13-18(17)35(31,26-22)34-5-2;1-4-30-31(29)17-8-6-5-7-16(17)23-21(25-31)18-20(27)19(15-10-12-32-13-15)24-26(22(18)28)11-9-14(2)3;1-7-33-34(30)15-12-13(26-35(6,31)32)8-9-14(15)23-18(25-34)16-17(28)19(22-5)24-27(20(16)29)11-10-21(2,3)4/h9-10,13,27,30H,8,11-12H2,1-7H3,(H,24,26,33);1,8-10,12-14,27,29H,5-7,11H2,2-3H3,(H,24,26,31);5-8,10,12-14,27H,4,9,11H2,1-3H3,(H,23,25,29);8-9,12,26,28H,7,10-11H2,1-4,6H3,(H,23,25,30). The molecule has 44 nitrogen and oxygen atoms in total. The molecular weight excluding hydrogens is 2020 g/mol. The minimum absolute atomic E-state index is 0.00265. The predicted molar refractivity (Wildman–Crippen MR) is 554 cm³/mol. The molecule has 0 radical (unpaired) electrons. The van der Waals surface area contributed by atoms with Crippen molar-refractivity contribution < 1.29 is 86.8 Å². The first-order valence-electron chi connectivity index (χ1n) is 43.9. The summed E-state index contributed by atoms with van der Waals surface area (Å²) >= 11 is 2.86. The molecule has 0 fully saturated rings. The van der Waals surface area contributed by atoms with Gasteiger partial charge >= 0.3 is 35.9 Å². The molecule has 53 heteroatoms. The molecule has 1 amide bonds. The van der Waals surface area contributed by atoms with Crippen molar-refractivity contribution in [2.45, 2.75) is 141 Å². The number of unbranched alkanes of at least 4 members (excludes halogenated alkanes) is 1. The maximum Gasteiger partial charge on any atom is 0.348 e. The second-order valence-corrected chi connectivity index (χ2v) is 49.9. The third kappa shape index (κ3) is 26.3. The van der Waals surface area contributed by atoms with Crippen LogP contribution in [-0.2, 0) is 92.6 Å². The molecule has 0 saturated carbocycles. The van der Waals surface area contributed by atoms with Gasteiger partial charge in [-0.2, -0.15) is 61.7 Å². The van der Waals surface area contributed by atoms with E-state index in [0.717, 1.165) is 34.6 Å². The molecule has 142 heavy (non-hydrogen) atoms. The largest absolute Gasteiger partial charge is 0.516 e. The number of amidine groups is 4. The number of aromatic nitrogens is 8. The monoisotopic (exact) mass is 2120 g/mol. The van der Waals surface area contributed by atoms with E-state index in [1.807, 2.05) is 63.7 Å². The number of nitrogens with zero attached hydrogens (tertiary/aromatic N) is 14. The lowest BCUT2D eigenvalue weighted by Gasteiger charge is -2.26. The first-order chi connectivity index (χ1) is 66.5. The summed E-state index contributed by atoms with van der Waals surface area (Å²) in [7, 11) is -23.5. The number of rotatable bonds is 31. The number of nitrogens with one attached hydrogen (secondary N) is 7. The van der Waals surface area contributed by atoms with Gasteiger partial charge in [0, 0.05) is 79.1 Å². The number of terminal acetylenes is 1. The lowest BCUT2D eigenvalue weighted by atomic mass is 9.92. The summed E-state index contributed by atoms with van der Waals surface area (Å²) < 4.78 is 176. The Kier molecular flexibility index (Phi) is 34.4. The van der Waals surface area contributed by atoms with Crippen molar-refractivity contribution in [1.29, 1.82) is 0 Å². The zero-order valence-electron chi connectivity index (χ0n) is 80.5. The highest BCUT2D eigenvalue weighted by Crippen LogP contribution is 2.57. The van der Waals surface area contributed by atoms with Crippen molar-refractivity contribution in [3.8, 4) is 57.9 Å². The van der Waals surface area contributed by atoms with E-state index in [-0.39, 0.29) is 175 Å². The minimum Gasteiger partial charge on any atom is -0.516 e. The number of carbonyl (C=O) groups is 1. The maximum atomic E-state index is 13.9. The zero-order chi connectivity index (χ0) is 104. The average molecular weight is 2130 g/mol. The third-order valence-corrected chi connectivity index (χ3v) is 32.1. The lowest BCUT2D eigenvalue weighted by molar-refractivity contribution is 0.0815. The fourth-order valence-corrected chi connectivity index (χ4v) is 24.2. The smallest absolute Gasteiger partial charge is 0.348 e. The van der Waals surface area contributed by atoms with Gasteiger partial charge in [-0.05, 0) is 165 Å². The molecule has 14 rings (SSSR count). The molecular formula is C89H109N21O23P4S5. The number of para-hydroxylation sites is 1. The maximum absolute atomic E-state index is 13.9. The summed E-state index contributed by atoms with van der Waals surface area (Å²) in [4.78, 5) is 70.9. The number of hydrogen-bond donors (Lipinski definition) is 11. The van der Waals surface area contributed by atoms with Crippen LogP contribution >= 0.6 is 52.8 Å². The third-order valence-electron chi connectivity index (χ3n) is 20.7. The summed E-state index contributed by atoms with van der Waals surface area (Å²) in [6.45, 7) is 31.1. The van der Waals surface area contributed by atoms with Crippen LogP contribution in [0.1, 0.15) is 148 Å². The first-order valence-corrected chi connectivity index (χ1v) is 57.8. The van der Waals surface area contributed by atoms with Gasteiger partial charge in [-0.3, -0.25) is 56.4 Å². The molecule has 11 N–H and O–H groups in total. The highest BCUT2D eigenvalue weighted by molar-refractivity contribution is 7.92. The van der Waals surface area contributed by atoms with Gasteiger partial charge in [0.1, 0.15) is 33.6 Å². The zero-order valence-corrected chi connectivity index (χ0v) is 88.1. The Hall–Kier alpha value is -12.6. The molecule has 4 aromatic carbocycles. The van der Waals surface area contributed by atoms with Crippen LogP contribution in [0.2, 0.25) is 0 Å². The fourth-order valence-electron chi connectivity index (χ4n) is 14.1. The number of hydrogen-bond acceptors (Lipinski definition) is 33. The SMILES string of the molecule is C#CCCCn1nc(-c2ccsc2)c(O)c(C2=NP(=O)(OCC)c3cc(NS(C)(=O)=O)ccc3N2)c1=O.CCOP1(=O)N=C(c2c(O)c(-c3ccsc3)nn(CCC(C)C)c2=O)Nc2ccccc21.CCOP1(=O)N=C(c2c(O)c(C(=O)N(C)C)nn(CCC(C)(C)C)c2=O)Nc2ccc(NS(C)(=O)=O)cc21.[C-]#[N+]c1nn(CCC(C)(C)C)c(=O)c(C2=NP(=O)(OCC)c3cc(NS(C)(=O)=O)ccc3N2)c1O. The predicted octanol–water partition coefficient (Wildman–Crippen LogP) is 12.9. The number of sulfonamides is 3. The van der Waals surface area contributed by atoms with E-state index in [9.17, 15) is 87.9 Å². The van der Waals surface area contributed by atoms with Crippen molar-refractivity contribution in [3.05, 3.63) is 193 Å².